The molecular formula is C17H12ClF2I3N3O3SV. The summed E-state index contributed by atoms with van der Waals surface area (Å²) in [4.78, 5) is 15.2. The fourth-order valence-electron chi connectivity index (χ4n) is 2.28. The number of nitrogens with two attached hydrogens (primary N) is 1. The van der Waals surface area contributed by atoms with Gasteiger partial charge in [-0.05, 0) is 41.9 Å². The molecule has 0 spiro atoms. The van der Waals surface area contributed by atoms with Crippen LogP contribution in [0.4, 0.5) is 8.78 Å². The minimum absolute atomic E-state index is 0.131. The van der Waals surface area contributed by atoms with Gasteiger partial charge in [0.2, 0.25) is 0 Å². The van der Waals surface area contributed by atoms with Gasteiger partial charge in [0, 0.05) is 5.02 Å². The van der Waals surface area contributed by atoms with Crippen molar-refractivity contribution in [2.24, 2.45) is 5.73 Å². The molecule has 2 aromatic carbocycles. The number of primary amides is 1. The van der Waals surface area contributed by atoms with Crippen LogP contribution in [0.5, 0.6) is 11.5 Å². The second kappa shape index (κ2) is 13.0. The third-order valence-electron chi connectivity index (χ3n) is 3.53. The molecule has 0 saturated carbocycles. The molecule has 0 radical (unpaired) electrons. The number of rotatable bonds is 6. The summed E-state index contributed by atoms with van der Waals surface area (Å²) in [5.74, 6) is -2.85. The summed E-state index contributed by atoms with van der Waals surface area (Å²) in [6.07, 6.45) is 0. The Morgan fingerprint density at radius 2 is 1.90 bits per heavy atom. The number of methoxy groups -OCH3 is 1. The Morgan fingerprint density at radius 1 is 1.23 bits per heavy atom. The molecule has 0 aliphatic rings. The summed E-state index contributed by atoms with van der Waals surface area (Å²) in [6, 6.07) is 7.00. The van der Waals surface area contributed by atoms with E-state index in [1.165, 1.54) is 7.11 Å². The van der Waals surface area contributed by atoms with Crippen LogP contribution in [0.2, 0.25) is 5.02 Å². The molecule has 1 heterocycles. The summed E-state index contributed by atoms with van der Waals surface area (Å²) in [5.41, 5.74) is 4.76. The van der Waals surface area contributed by atoms with Crippen LogP contribution in [-0.4, -0.2) is 22.4 Å². The van der Waals surface area contributed by atoms with Crippen LogP contribution in [0.15, 0.2) is 30.3 Å². The average molecular weight is 843 g/mol. The number of hydrogen-bond donors (Lipinski definition) is 1. The van der Waals surface area contributed by atoms with Crippen LogP contribution in [-0.2, 0) is 11.5 Å². The molecule has 0 fully saturated rings. The predicted octanol–water partition coefficient (Wildman–Crippen LogP) is 6.48. The van der Waals surface area contributed by atoms with Gasteiger partial charge in [0.15, 0.2) is 22.4 Å². The Kier molecular flexibility index (Phi) is 11.4. The third kappa shape index (κ3) is 8.06. The molecule has 1 amide bonds. The van der Waals surface area contributed by atoms with Gasteiger partial charge in [0.05, 0.1) is 12.7 Å². The Bertz CT molecular complexity index is 1080. The molecule has 3 rings (SSSR count). The monoisotopic (exact) mass is 843 g/mol. The van der Waals surface area contributed by atoms with E-state index in [1.54, 1.807) is 18.2 Å². The van der Waals surface area contributed by atoms with Gasteiger partial charge in [0.25, 0.3) is 5.91 Å². The van der Waals surface area contributed by atoms with E-state index in [-0.39, 0.29) is 17.3 Å². The molecule has 0 saturated heterocycles. The average Bonchev–Trinajstić information content (AvgIpc) is 3.15. The van der Waals surface area contributed by atoms with Crippen LogP contribution in [0.25, 0.3) is 11.4 Å². The fourth-order valence-corrected chi connectivity index (χ4v) is 3.01. The standard InChI is InChI=1S/C17H12ClF2N3O3S.3HI.V/c1-25-12-6-8(18)2-3-9(12)17-22-13(27-23-17)7-26-11-5-4-10(19)14(15(11)20)16(21)24;;;;/h2-6H,7H2,1H3,(H2,21,24);3*1H;/q;;;;+3/p-3. The van der Waals surface area contributed by atoms with E-state index in [4.69, 9.17) is 26.8 Å². The van der Waals surface area contributed by atoms with E-state index in [0.29, 0.717) is 27.2 Å². The van der Waals surface area contributed by atoms with Crippen molar-refractivity contribution in [1.82, 2.24) is 9.36 Å². The van der Waals surface area contributed by atoms with Crippen molar-refractivity contribution < 1.29 is 28.0 Å². The SMILES string of the molecule is COc1cc(Cl)ccc1-c1nsc(COc2ccc(F)c(C(N)=O)c2F)n1.[I][V]([I])[I]. The maximum absolute atomic E-state index is 14.2. The predicted molar refractivity (Wildman–Crippen MR) is 138 cm³/mol. The van der Waals surface area contributed by atoms with E-state index in [9.17, 15) is 13.6 Å². The summed E-state index contributed by atoms with van der Waals surface area (Å²) < 4.78 is 42.4. The summed E-state index contributed by atoms with van der Waals surface area (Å²) in [5, 5.41) is 0.942. The molecule has 0 aliphatic heterocycles. The topological polar surface area (TPSA) is 87.3 Å². The number of carbonyl (C=O) groups excluding carboxylic acids is 1. The van der Waals surface area contributed by atoms with Gasteiger partial charge in [-0.1, -0.05) is 11.6 Å². The zero-order valence-electron chi connectivity index (χ0n) is 15.4. The van der Waals surface area contributed by atoms with E-state index in [0.717, 1.165) is 23.7 Å². The van der Waals surface area contributed by atoms with Crippen LogP contribution in [0.3, 0.4) is 0 Å². The van der Waals surface area contributed by atoms with Crippen LogP contribution in [0, 0.1) is 11.6 Å². The molecule has 166 valence electrons. The second-order valence-corrected chi connectivity index (χ2v) is 42.1. The van der Waals surface area contributed by atoms with Crippen molar-refractivity contribution in [1.29, 1.82) is 0 Å². The quantitative estimate of drug-likeness (QED) is 0.288. The molecule has 3 aromatic rings. The van der Waals surface area contributed by atoms with Gasteiger partial charge in [-0.15, -0.1) is 0 Å². The molecular weight excluding hydrogens is 831 g/mol. The molecule has 31 heavy (non-hydrogen) atoms. The van der Waals surface area contributed by atoms with E-state index in [1.807, 2.05) is 0 Å². The first kappa shape index (κ1) is 27.2. The van der Waals surface area contributed by atoms with Gasteiger partial charge >= 0.3 is 64.9 Å². The number of ether oxygens (including phenoxy) is 2. The van der Waals surface area contributed by atoms with Crippen LogP contribution < -0.4 is 15.2 Å². The number of carbonyl (C=O) groups is 1. The van der Waals surface area contributed by atoms with Gasteiger partial charge in [-0.25, -0.2) is 13.8 Å². The Balaban J connectivity index is 0.000000785. The van der Waals surface area contributed by atoms with Gasteiger partial charge < -0.3 is 15.2 Å². The first-order chi connectivity index (χ1) is 14.6. The Hall–Kier alpha value is -0.00558. The van der Waals surface area contributed by atoms with Crippen molar-refractivity contribution in [2.75, 3.05) is 7.11 Å². The van der Waals surface area contributed by atoms with E-state index < -0.39 is 23.1 Å². The van der Waals surface area contributed by atoms with Crippen LogP contribution in [0.1, 0.15) is 15.4 Å². The van der Waals surface area contributed by atoms with Crippen molar-refractivity contribution >= 4 is 89.0 Å². The zero-order valence-corrected chi connectivity index (χ0v) is 24.9. The third-order valence-corrected chi connectivity index (χ3v) is 4.45. The summed E-state index contributed by atoms with van der Waals surface area (Å²) in [6.45, 7) is -0.131. The number of halogens is 6. The van der Waals surface area contributed by atoms with Gasteiger partial charge in [-0.3, -0.25) is 4.79 Å². The first-order valence-electron chi connectivity index (χ1n) is 7.98. The van der Waals surface area contributed by atoms with Crippen molar-refractivity contribution in [3.8, 4) is 22.9 Å². The first-order valence-corrected chi connectivity index (χ1v) is 22.7. The maximum atomic E-state index is 14.2. The van der Waals surface area contributed by atoms with E-state index >= 15 is 0 Å². The summed E-state index contributed by atoms with van der Waals surface area (Å²) in [7, 11) is 1.50. The number of nitrogens with zero attached hydrogens (tertiary/aromatic N) is 2. The number of amides is 1. The number of benzene rings is 2. The fraction of sp³-hybridized carbons (Fsp3) is 0.118. The molecule has 0 unspecified atom stereocenters. The molecule has 1 aromatic heterocycles. The minimum atomic E-state index is -1.22. The normalized spacial score (nSPS) is 10.5. The van der Waals surface area contributed by atoms with Crippen LogP contribution >= 0.6 is 83.1 Å². The Labute approximate surface area is 223 Å². The molecule has 14 heteroatoms. The Morgan fingerprint density at radius 3 is 2.52 bits per heavy atom. The zero-order chi connectivity index (χ0) is 23.1. The van der Waals surface area contributed by atoms with Gasteiger partial charge in [-0.2, -0.15) is 4.37 Å². The van der Waals surface area contributed by atoms with Gasteiger partial charge in [0.1, 0.15) is 23.7 Å². The van der Waals surface area contributed by atoms with Crippen molar-refractivity contribution in [3.05, 3.63) is 57.6 Å². The van der Waals surface area contributed by atoms with Crippen molar-refractivity contribution in [3.63, 3.8) is 0 Å². The van der Waals surface area contributed by atoms with Crippen molar-refractivity contribution in [2.45, 2.75) is 6.61 Å². The molecule has 2 N–H and O–H groups in total. The molecule has 0 aliphatic carbocycles. The molecule has 0 atom stereocenters. The molecule has 6 nitrogen and oxygen atoms in total. The number of aromatic nitrogens is 2. The van der Waals surface area contributed by atoms with E-state index in [2.05, 4.69) is 69.3 Å². The number of hydrogen-bond acceptors (Lipinski definition) is 6. The second-order valence-electron chi connectivity index (χ2n) is 5.44. The summed E-state index contributed by atoms with van der Waals surface area (Å²) >= 11 is 14.4. The molecule has 0 bridgehead atoms.